The first-order valence-corrected chi connectivity index (χ1v) is 21.3. The first-order chi connectivity index (χ1) is 28.1. The van der Waals surface area contributed by atoms with E-state index in [0.717, 1.165) is 6.42 Å². The number of esters is 1. The summed E-state index contributed by atoms with van der Waals surface area (Å²) in [5.74, 6) is -6.95. The Balaban J connectivity index is 0.00000233. The van der Waals surface area contributed by atoms with Crippen LogP contribution in [0.5, 0.6) is 0 Å². The van der Waals surface area contributed by atoms with Gasteiger partial charge >= 0.3 is 22.3 Å². The summed E-state index contributed by atoms with van der Waals surface area (Å²) in [5.41, 5.74) is 5.96. The largest absolute Gasteiger partial charge is 0.481 e. The molecule has 14 atom stereocenters. The lowest BCUT2D eigenvalue weighted by atomic mass is 9.83. The Bertz CT molecular complexity index is 1560. The molecule has 0 aromatic carbocycles. The van der Waals surface area contributed by atoms with Gasteiger partial charge in [-0.05, 0) is 25.7 Å². The maximum atomic E-state index is 13.0. The molecule has 3 rings (SSSR count). The number of carboxylic acid groups (broad SMARTS) is 1. The van der Waals surface area contributed by atoms with E-state index in [1.807, 2.05) is 13.0 Å². The molecule has 3 aliphatic heterocycles. The van der Waals surface area contributed by atoms with Gasteiger partial charge in [0.15, 0.2) is 12.1 Å². The van der Waals surface area contributed by atoms with Gasteiger partial charge < -0.3 is 65.5 Å². The van der Waals surface area contributed by atoms with E-state index >= 15 is 0 Å². The molecule has 2 fully saturated rings. The van der Waals surface area contributed by atoms with Crippen LogP contribution in [0.25, 0.3) is 0 Å². The average molecular weight is 882 g/mol. The van der Waals surface area contributed by atoms with Crippen molar-refractivity contribution >= 4 is 28.1 Å². The van der Waals surface area contributed by atoms with Crippen LogP contribution in [-0.2, 0) is 43.7 Å². The van der Waals surface area contributed by atoms with Crippen molar-refractivity contribution in [2.24, 2.45) is 17.6 Å². The van der Waals surface area contributed by atoms with E-state index in [1.165, 1.54) is 6.08 Å². The molecular weight excluding hydrogens is 818 g/mol. The number of allylic oxidation sites excluding steroid dienone is 6. The van der Waals surface area contributed by atoms with Gasteiger partial charge in [-0.2, -0.15) is 8.42 Å². The summed E-state index contributed by atoms with van der Waals surface area (Å²) in [6.07, 6.45) is 1.42. The summed E-state index contributed by atoms with van der Waals surface area (Å²) in [6, 6.07) is -1.26. The van der Waals surface area contributed by atoms with Crippen LogP contribution in [-0.4, -0.2) is 156 Å². The monoisotopic (exact) mass is 881 g/mol. The van der Waals surface area contributed by atoms with E-state index < -0.39 is 127 Å². The summed E-state index contributed by atoms with van der Waals surface area (Å²) >= 11 is 0. The quantitative estimate of drug-likeness (QED) is 0.119. The fourth-order valence-corrected chi connectivity index (χ4v) is 7.19. The van der Waals surface area contributed by atoms with Gasteiger partial charge in [0.25, 0.3) is 0 Å². The van der Waals surface area contributed by atoms with Gasteiger partial charge in [0, 0.05) is 38.5 Å². The van der Waals surface area contributed by atoms with Gasteiger partial charge in [0.2, 0.25) is 0 Å². The average Bonchev–Trinajstić information content (AvgIpc) is 3.12. The summed E-state index contributed by atoms with van der Waals surface area (Å²) in [7, 11) is -4.67. The number of nitrogens with two attached hydrogens (primary N) is 1. The molecule has 0 spiro atoms. The van der Waals surface area contributed by atoms with Crippen LogP contribution in [0.3, 0.4) is 0 Å². The Labute approximate surface area is 349 Å². The number of aliphatic hydroxyl groups excluding tert-OH is 6. The molecule has 2 bridgehead atoms. The summed E-state index contributed by atoms with van der Waals surface area (Å²) in [6.45, 7) is 3.05. The lowest BCUT2D eigenvalue weighted by Gasteiger charge is -2.45. The van der Waals surface area contributed by atoms with Crippen molar-refractivity contribution in [3.8, 4) is 0 Å². The molecule has 2 saturated heterocycles. The zero-order chi connectivity index (χ0) is 45.2. The number of hydrogen-bond acceptors (Lipinski definition) is 17. The van der Waals surface area contributed by atoms with Crippen LogP contribution >= 0.6 is 0 Å². The van der Waals surface area contributed by atoms with Gasteiger partial charge in [0.05, 0.1) is 49.1 Å². The van der Waals surface area contributed by atoms with Crippen molar-refractivity contribution in [1.29, 1.82) is 0 Å². The van der Waals surface area contributed by atoms with Gasteiger partial charge in [-0.3, -0.25) is 23.5 Å². The zero-order valence-electron chi connectivity index (χ0n) is 33.7. The van der Waals surface area contributed by atoms with Crippen LogP contribution in [0.4, 0.5) is 0 Å². The molecule has 60 heavy (non-hydrogen) atoms. The molecule has 0 aromatic rings. The third-order valence-corrected chi connectivity index (χ3v) is 10.2. The zero-order valence-corrected chi connectivity index (χ0v) is 34.6. The Morgan fingerprint density at radius 3 is 2.20 bits per heavy atom. The van der Waals surface area contributed by atoms with Crippen LogP contribution < -0.4 is 5.73 Å². The number of Topliss-reactive ketones (excluding diaryl/α,β-unsaturated/α-hetero) is 1. The van der Waals surface area contributed by atoms with Crippen molar-refractivity contribution in [3.63, 3.8) is 0 Å². The Kier molecular flexibility index (Phi) is 22.9. The molecule has 20 nitrogen and oxygen atoms in total. The Hall–Kier alpha value is -3.00. The molecule has 21 heteroatoms. The van der Waals surface area contributed by atoms with Gasteiger partial charge in [-0.25, -0.2) is 0 Å². The summed E-state index contributed by atoms with van der Waals surface area (Å²) < 4.78 is 54.8. The number of fused-ring (bicyclic) bond motifs is 2. The minimum Gasteiger partial charge on any atom is -0.481 e. The topological polar surface area (TPSA) is 351 Å². The molecular formula is C39H63NO19S. The highest BCUT2D eigenvalue weighted by Crippen LogP contribution is 2.38. The maximum absolute atomic E-state index is 13.0. The Morgan fingerprint density at radius 1 is 0.967 bits per heavy atom. The second-order valence-electron chi connectivity index (χ2n) is 15.1. The molecule has 0 amide bonds. The Morgan fingerprint density at radius 2 is 1.60 bits per heavy atom. The number of carbonyl (C=O) groups is 3. The predicted octanol–water partition coefficient (Wildman–Crippen LogP) is 0.0224. The lowest BCUT2D eigenvalue weighted by molar-refractivity contribution is -0.310. The lowest BCUT2D eigenvalue weighted by Crippen LogP contribution is -2.63. The normalized spacial score (nSPS) is 39.2. The highest BCUT2D eigenvalue weighted by atomic mass is 32.3. The van der Waals surface area contributed by atoms with Crippen molar-refractivity contribution in [2.45, 2.75) is 158 Å². The molecule has 8 unspecified atom stereocenters. The first kappa shape index (κ1) is 53.1. The van der Waals surface area contributed by atoms with E-state index in [0.29, 0.717) is 12.8 Å². The van der Waals surface area contributed by atoms with E-state index in [4.69, 9.17) is 42.2 Å². The molecule has 0 saturated carbocycles. The number of aliphatic carboxylic acids is 1. The highest BCUT2D eigenvalue weighted by Gasteiger charge is 2.51. The SMILES string of the molecule is CCC[C@H]1C/C=C/C=C/C=C/C=C/C(O[C@@H]2O[C@H](CO)[C@@H](O)[C@H](N)[C@@H]2O)CC2OC(O)(CC(O)CCCC(=O)CC(O)C(CC)C(=O)O1)CC(O)C2C(=O)O.O=S(=O)(O)O. The molecule has 0 aliphatic carbocycles. The number of cyclic esters (lactones) is 1. The number of ether oxygens (including phenoxy) is 4. The number of aliphatic hydroxyl groups is 7. The van der Waals surface area contributed by atoms with Crippen molar-refractivity contribution < 1.29 is 91.7 Å². The van der Waals surface area contributed by atoms with Crippen LogP contribution in [0.15, 0.2) is 48.6 Å². The van der Waals surface area contributed by atoms with Crippen LogP contribution in [0.2, 0.25) is 0 Å². The number of rotatable bonds is 7. The summed E-state index contributed by atoms with van der Waals surface area (Å²) in [5, 5.41) is 84.9. The van der Waals surface area contributed by atoms with Gasteiger partial charge in [0.1, 0.15) is 36.1 Å². The number of carboxylic acids is 1. The highest BCUT2D eigenvalue weighted by molar-refractivity contribution is 7.79. The second-order valence-corrected chi connectivity index (χ2v) is 16.0. The molecule has 0 radical (unpaired) electrons. The minimum absolute atomic E-state index is 0.0202. The maximum Gasteiger partial charge on any atom is 0.394 e. The predicted molar refractivity (Wildman–Crippen MR) is 211 cm³/mol. The fraction of sp³-hybridized carbons (Fsp3) is 0.718. The molecule has 0 aromatic heterocycles. The molecule has 344 valence electrons. The van der Waals surface area contributed by atoms with E-state index in [9.17, 15) is 55.2 Å². The van der Waals surface area contributed by atoms with E-state index in [2.05, 4.69) is 0 Å². The minimum atomic E-state index is -4.67. The first-order valence-electron chi connectivity index (χ1n) is 19.9. The standard InChI is InChI=1S/C39H61NO15.H2O4S/c1-3-13-25-16-10-8-6-5-7-9-11-17-26(53-38-35(47)33(40)34(46)31(22-41)54-38)19-30-32(36(48)49)29(45)21-39(51,55-30)20-24(43)15-12-14-23(42)18-28(44)27(4-2)37(50)52-25;1-5(2,3)4/h5-11,17,24-35,38,41,43-47,51H,3-4,12-16,18-22,40H2,1-2H3,(H,48,49);(H2,1,2,3,4)/b6-5+,9-7+,10-8+,17-11+;/t24?,25-,26?,27?,28?,29?,30?,31+,32?,33-,34+,35-,38+,39?;/m0./s1. The van der Waals surface area contributed by atoms with Gasteiger partial charge in [-0.1, -0.05) is 68.9 Å². The number of ketones is 1. The number of hydrogen-bond donors (Lipinski definition) is 11. The smallest absolute Gasteiger partial charge is 0.394 e. The van der Waals surface area contributed by atoms with Crippen molar-refractivity contribution in [1.82, 2.24) is 0 Å². The number of carbonyl (C=O) groups excluding carboxylic acids is 2. The van der Waals surface area contributed by atoms with Crippen LogP contribution in [0.1, 0.15) is 84.5 Å². The second kappa shape index (κ2) is 25.8. The fourth-order valence-electron chi connectivity index (χ4n) is 7.19. The van der Waals surface area contributed by atoms with Crippen LogP contribution in [0, 0.1) is 11.8 Å². The van der Waals surface area contributed by atoms with Crippen molar-refractivity contribution in [2.75, 3.05) is 6.61 Å². The molecule has 12 N–H and O–H groups in total. The van der Waals surface area contributed by atoms with E-state index in [-0.39, 0.29) is 44.3 Å². The van der Waals surface area contributed by atoms with Gasteiger partial charge in [-0.15, -0.1) is 0 Å². The summed E-state index contributed by atoms with van der Waals surface area (Å²) in [4.78, 5) is 38.2. The third kappa shape index (κ3) is 18.5. The van der Waals surface area contributed by atoms with Crippen molar-refractivity contribution in [3.05, 3.63) is 48.6 Å². The van der Waals surface area contributed by atoms with E-state index in [1.54, 1.807) is 43.4 Å². The third-order valence-electron chi connectivity index (χ3n) is 10.2. The molecule has 3 heterocycles. The molecule has 3 aliphatic rings.